The van der Waals surface area contributed by atoms with Gasteiger partial charge in [0.05, 0.1) is 12.1 Å². The van der Waals surface area contributed by atoms with E-state index in [1.54, 1.807) is 7.05 Å². The maximum absolute atomic E-state index is 12.2. The zero-order chi connectivity index (χ0) is 14.0. The van der Waals surface area contributed by atoms with Crippen LogP contribution in [0.15, 0.2) is 12.3 Å². The number of hydrogen-bond donors (Lipinski definition) is 2. The molecule has 1 fully saturated rings. The lowest BCUT2D eigenvalue weighted by molar-refractivity contribution is -0.142. The Hall–Kier alpha value is -1.61. The second kappa shape index (κ2) is 5.17. The summed E-state index contributed by atoms with van der Waals surface area (Å²) >= 11 is 0. The molecule has 2 N–H and O–H groups in total. The van der Waals surface area contributed by atoms with E-state index >= 15 is 0 Å². The molecule has 1 aromatic rings. The zero-order valence-corrected chi connectivity index (χ0v) is 11.3. The van der Waals surface area contributed by atoms with Gasteiger partial charge in [0.25, 0.3) is 0 Å². The Bertz CT molecular complexity index is 568. The van der Waals surface area contributed by atoms with Crippen LogP contribution in [0.25, 0.3) is 0 Å². The quantitative estimate of drug-likeness (QED) is 0.803. The molecule has 1 saturated heterocycles. The van der Waals surface area contributed by atoms with Crippen LogP contribution in [0.3, 0.4) is 0 Å². The van der Waals surface area contributed by atoms with Crippen molar-refractivity contribution in [1.29, 1.82) is 0 Å². The highest BCUT2D eigenvalue weighted by Gasteiger charge is 2.32. The Morgan fingerprint density at radius 3 is 2.89 bits per heavy atom. The van der Waals surface area contributed by atoms with Gasteiger partial charge in [0.2, 0.25) is 0 Å². The summed E-state index contributed by atoms with van der Waals surface area (Å²) in [7, 11) is -2.12. The zero-order valence-electron chi connectivity index (χ0n) is 10.5. The third-order valence-corrected chi connectivity index (χ3v) is 4.61. The third-order valence-electron chi connectivity index (χ3n) is 3.13. The van der Waals surface area contributed by atoms with Gasteiger partial charge in [-0.1, -0.05) is 0 Å². The van der Waals surface area contributed by atoms with Crippen molar-refractivity contribution in [1.82, 2.24) is 14.1 Å². The maximum Gasteiger partial charge on any atom is 0.307 e. The van der Waals surface area contributed by atoms with E-state index in [1.807, 2.05) is 0 Å². The van der Waals surface area contributed by atoms with Crippen molar-refractivity contribution in [2.45, 2.75) is 12.8 Å². The van der Waals surface area contributed by atoms with E-state index in [-0.39, 0.29) is 6.54 Å². The first kappa shape index (κ1) is 13.8. The minimum Gasteiger partial charge on any atom is -0.481 e. The lowest BCUT2D eigenvalue weighted by Crippen LogP contribution is -2.44. The molecular formula is C10H16N4O4S. The minimum atomic E-state index is -3.74. The van der Waals surface area contributed by atoms with Crippen molar-refractivity contribution < 1.29 is 18.3 Å². The van der Waals surface area contributed by atoms with Crippen molar-refractivity contribution in [3.8, 4) is 0 Å². The molecule has 106 valence electrons. The number of anilines is 1. The standard InChI is InChI=1S/C10H16N4O4S/c1-13-9(4-5-11-13)12-19(17,18)14-6-2-3-8(7-14)10(15)16/h4-5,8,12H,2-3,6-7H2,1H3,(H,15,16). The number of rotatable bonds is 4. The van der Waals surface area contributed by atoms with E-state index in [4.69, 9.17) is 5.11 Å². The lowest BCUT2D eigenvalue weighted by Gasteiger charge is -2.29. The topological polar surface area (TPSA) is 105 Å². The van der Waals surface area contributed by atoms with E-state index in [1.165, 1.54) is 21.3 Å². The van der Waals surface area contributed by atoms with E-state index < -0.39 is 22.1 Å². The van der Waals surface area contributed by atoms with Gasteiger partial charge >= 0.3 is 16.2 Å². The van der Waals surface area contributed by atoms with Crippen LogP contribution in [0, 0.1) is 5.92 Å². The van der Waals surface area contributed by atoms with Crippen LogP contribution in [0.4, 0.5) is 5.82 Å². The molecule has 1 atom stereocenters. The van der Waals surface area contributed by atoms with Gasteiger partial charge in [-0.3, -0.25) is 14.2 Å². The first-order valence-electron chi connectivity index (χ1n) is 5.89. The molecule has 0 saturated carbocycles. The van der Waals surface area contributed by atoms with Gasteiger partial charge in [-0.15, -0.1) is 0 Å². The third kappa shape index (κ3) is 3.04. The molecule has 0 bridgehead atoms. The van der Waals surface area contributed by atoms with Crippen molar-refractivity contribution in [3.05, 3.63) is 12.3 Å². The van der Waals surface area contributed by atoms with Crippen LogP contribution >= 0.6 is 0 Å². The van der Waals surface area contributed by atoms with Gasteiger partial charge in [-0.2, -0.15) is 17.8 Å². The Morgan fingerprint density at radius 2 is 2.32 bits per heavy atom. The number of hydrogen-bond acceptors (Lipinski definition) is 4. The van der Waals surface area contributed by atoms with Crippen LogP contribution in [-0.4, -0.2) is 46.7 Å². The summed E-state index contributed by atoms with van der Waals surface area (Å²) in [5, 5.41) is 12.8. The summed E-state index contributed by atoms with van der Waals surface area (Å²) in [6, 6.07) is 1.54. The van der Waals surface area contributed by atoms with Gasteiger partial charge in [-0.25, -0.2) is 0 Å². The summed E-state index contributed by atoms with van der Waals surface area (Å²) in [4.78, 5) is 10.9. The maximum atomic E-state index is 12.2. The molecule has 1 aliphatic rings. The molecule has 19 heavy (non-hydrogen) atoms. The van der Waals surface area contributed by atoms with Gasteiger partial charge in [0.1, 0.15) is 5.82 Å². The first-order valence-corrected chi connectivity index (χ1v) is 7.33. The van der Waals surface area contributed by atoms with Crippen molar-refractivity contribution >= 4 is 22.0 Å². The second-order valence-electron chi connectivity index (χ2n) is 4.48. The predicted octanol–water partition coefficient (Wildman–Crippen LogP) is -0.127. The summed E-state index contributed by atoms with van der Waals surface area (Å²) in [5.74, 6) is -1.25. The van der Waals surface area contributed by atoms with Crippen LogP contribution < -0.4 is 4.72 Å². The summed E-state index contributed by atoms with van der Waals surface area (Å²) in [5.41, 5.74) is 0. The molecule has 1 aromatic heterocycles. The molecule has 0 amide bonds. The summed E-state index contributed by atoms with van der Waals surface area (Å²) in [6.45, 7) is 0.333. The van der Waals surface area contributed by atoms with Crippen molar-refractivity contribution in [2.75, 3.05) is 17.8 Å². The minimum absolute atomic E-state index is 0.00250. The number of nitrogens with zero attached hydrogens (tertiary/aromatic N) is 3. The Kier molecular flexibility index (Phi) is 3.76. The number of aliphatic carboxylic acids is 1. The molecule has 1 aliphatic heterocycles. The molecule has 0 spiro atoms. The Labute approximate surface area is 111 Å². The highest BCUT2D eigenvalue weighted by atomic mass is 32.2. The molecule has 2 heterocycles. The average molecular weight is 288 g/mol. The van der Waals surface area contributed by atoms with E-state index in [9.17, 15) is 13.2 Å². The van der Waals surface area contributed by atoms with Crippen molar-refractivity contribution in [2.24, 2.45) is 13.0 Å². The molecule has 1 unspecified atom stereocenters. The van der Waals surface area contributed by atoms with E-state index in [0.717, 1.165) is 0 Å². The number of nitrogens with one attached hydrogen (secondary N) is 1. The van der Waals surface area contributed by atoms with E-state index in [0.29, 0.717) is 25.2 Å². The Morgan fingerprint density at radius 1 is 1.58 bits per heavy atom. The van der Waals surface area contributed by atoms with Crippen LogP contribution in [0.5, 0.6) is 0 Å². The number of carbonyl (C=O) groups is 1. The fraction of sp³-hybridized carbons (Fsp3) is 0.600. The lowest BCUT2D eigenvalue weighted by atomic mass is 10.0. The molecule has 0 radical (unpaired) electrons. The summed E-state index contributed by atoms with van der Waals surface area (Å²) in [6.07, 6.45) is 2.53. The van der Waals surface area contributed by atoms with Crippen LogP contribution in [0.1, 0.15) is 12.8 Å². The SMILES string of the molecule is Cn1nccc1NS(=O)(=O)N1CCCC(C(=O)O)C1. The number of carboxylic acids is 1. The molecular weight excluding hydrogens is 272 g/mol. The fourth-order valence-corrected chi connectivity index (χ4v) is 3.37. The first-order chi connectivity index (χ1) is 8.90. The number of aromatic nitrogens is 2. The van der Waals surface area contributed by atoms with Gasteiger partial charge in [0.15, 0.2) is 0 Å². The monoisotopic (exact) mass is 288 g/mol. The highest BCUT2D eigenvalue weighted by molar-refractivity contribution is 7.90. The van der Waals surface area contributed by atoms with Crippen LogP contribution in [-0.2, 0) is 22.1 Å². The van der Waals surface area contributed by atoms with Gasteiger partial charge in [-0.05, 0) is 12.8 Å². The molecule has 8 nitrogen and oxygen atoms in total. The average Bonchev–Trinajstić information content (AvgIpc) is 2.74. The number of piperidine rings is 1. The molecule has 0 aromatic carbocycles. The molecule has 9 heteroatoms. The molecule has 2 rings (SSSR count). The van der Waals surface area contributed by atoms with Gasteiger partial charge < -0.3 is 5.11 Å². The highest BCUT2D eigenvalue weighted by Crippen LogP contribution is 2.20. The molecule has 0 aliphatic carbocycles. The smallest absolute Gasteiger partial charge is 0.307 e. The van der Waals surface area contributed by atoms with Crippen LogP contribution in [0.2, 0.25) is 0 Å². The van der Waals surface area contributed by atoms with E-state index in [2.05, 4.69) is 9.82 Å². The van der Waals surface area contributed by atoms with Crippen molar-refractivity contribution in [3.63, 3.8) is 0 Å². The predicted molar refractivity (Wildman–Crippen MR) is 67.7 cm³/mol. The normalized spacial score (nSPS) is 21.2. The number of aryl methyl sites for hydroxylation is 1. The Balaban J connectivity index is 2.11. The largest absolute Gasteiger partial charge is 0.481 e. The second-order valence-corrected chi connectivity index (χ2v) is 6.15. The summed E-state index contributed by atoms with van der Waals surface area (Å²) < 4.78 is 29.3. The fourth-order valence-electron chi connectivity index (χ4n) is 2.03. The number of carboxylic acid groups (broad SMARTS) is 1. The van der Waals surface area contributed by atoms with Gasteiger partial charge in [0, 0.05) is 26.2 Å².